The average molecular weight is 345 g/mol. The summed E-state index contributed by atoms with van der Waals surface area (Å²) < 4.78 is 0. The number of allylic oxidation sites excluding steroid dienone is 2. The summed E-state index contributed by atoms with van der Waals surface area (Å²) in [5.41, 5.74) is 1.90. The molecule has 3 heteroatoms. The van der Waals surface area contributed by atoms with E-state index in [0.717, 1.165) is 29.1 Å². The predicted octanol–water partition coefficient (Wildman–Crippen LogP) is 6.70. The van der Waals surface area contributed by atoms with E-state index in [0.29, 0.717) is 10.6 Å². The summed E-state index contributed by atoms with van der Waals surface area (Å²) >= 11 is 7.45. The first-order chi connectivity index (χ1) is 11.1. The number of hydrogen-bond donors (Lipinski definition) is 0. The van der Waals surface area contributed by atoms with Crippen molar-refractivity contribution in [3.63, 3.8) is 0 Å². The maximum absolute atomic E-state index is 12.8. The number of aryl methyl sites for hydroxylation is 1. The minimum Gasteiger partial charge on any atom is -0.288 e. The second kappa shape index (κ2) is 8.95. The zero-order valence-electron chi connectivity index (χ0n) is 13.5. The fraction of sp³-hybridized carbons (Fsp3) is 0.250. The Balaban J connectivity index is 2.22. The van der Waals surface area contributed by atoms with Crippen molar-refractivity contribution in [2.45, 2.75) is 38.0 Å². The number of rotatable bonds is 7. The average Bonchev–Trinajstić information content (AvgIpc) is 2.56. The van der Waals surface area contributed by atoms with Gasteiger partial charge in [-0.15, -0.1) is 0 Å². The van der Waals surface area contributed by atoms with Gasteiger partial charge in [-0.2, -0.15) is 0 Å². The van der Waals surface area contributed by atoms with E-state index in [1.807, 2.05) is 0 Å². The van der Waals surface area contributed by atoms with Crippen molar-refractivity contribution < 1.29 is 4.79 Å². The van der Waals surface area contributed by atoms with Crippen LogP contribution in [0.2, 0.25) is 5.02 Å². The number of carbonyl (C=O) groups is 1. The van der Waals surface area contributed by atoms with Crippen molar-refractivity contribution in [3.8, 4) is 0 Å². The third-order valence-corrected chi connectivity index (χ3v) is 4.80. The van der Waals surface area contributed by atoms with Crippen LogP contribution in [-0.4, -0.2) is 5.78 Å². The monoisotopic (exact) mass is 344 g/mol. The maximum atomic E-state index is 12.8. The second-order valence-electron chi connectivity index (χ2n) is 5.46. The van der Waals surface area contributed by atoms with E-state index in [4.69, 9.17) is 11.6 Å². The fourth-order valence-electron chi connectivity index (χ4n) is 2.09. The highest BCUT2D eigenvalue weighted by molar-refractivity contribution is 8.04. The van der Waals surface area contributed by atoms with E-state index >= 15 is 0 Å². The van der Waals surface area contributed by atoms with E-state index in [2.05, 4.69) is 44.2 Å². The van der Waals surface area contributed by atoms with Gasteiger partial charge in [0, 0.05) is 15.5 Å². The van der Waals surface area contributed by atoms with Crippen LogP contribution in [0.1, 0.15) is 42.1 Å². The van der Waals surface area contributed by atoms with Crippen LogP contribution in [0.5, 0.6) is 0 Å². The topological polar surface area (TPSA) is 17.1 Å². The number of ketones is 1. The van der Waals surface area contributed by atoms with Crippen molar-refractivity contribution in [3.05, 3.63) is 75.7 Å². The number of Topliss-reactive ketones (excluding diaryl/α,β-unsaturated/α-hetero) is 1. The van der Waals surface area contributed by atoms with Gasteiger partial charge in [0.05, 0.1) is 4.91 Å². The molecule has 0 unspecified atom stereocenters. The van der Waals surface area contributed by atoms with Crippen molar-refractivity contribution >= 4 is 29.1 Å². The second-order valence-corrected chi connectivity index (χ2v) is 7.01. The van der Waals surface area contributed by atoms with Crippen LogP contribution in [0.25, 0.3) is 0 Å². The lowest BCUT2D eigenvalue weighted by Gasteiger charge is -2.08. The molecule has 0 atom stereocenters. The lowest BCUT2D eigenvalue weighted by molar-refractivity contribution is 0.104. The summed E-state index contributed by atoms with van der Waals surface area (Å²) in [4.78, 5) is 14.7. The van der Waals surface area contributed by atoms with E-state index < -0.39 is 0 Å². The number of thioether (sulfide) groups is 1. The number of halogens is 1. The Kier molecular flexibility index (Phi) is 6.94. The Labute approximate surface area is 147 Å². The minimum atomic E-state index is 0.0587. The van der Waals surface area contributed by atoms with Crippen LogP contribution < -0.4 is 0 Å². The Morgan fingerprint density at radius 1 is 1.09 bits per heavy atom. The summed E-state index contributed by atoms with van der Waals surface area (Å²) in [6.45, 7) is 4.22. The van der Waals surface area contributed by atoms with Gasteiger partial charge in [0.1, 0.15) is 0 Å². The molecule has 0 fully saturated rings. The Morgan fingerprint density at radius 2 is 1.74 bits per heavy atom. The van der Waals surface area contributed by atoms with Crippen LogP contribution in [0.15, 0.2) is 64.4 Å². The molecule has 0 saturated heterocycles. The molecule has 0 aromatic heterocycles. The van der Waals surface area contributed by atoms with Gasteiger partial charge in [-0.05, 0) is 49.7 Å². The quantitative estimate of drug-likeness (QED) is 0.240. The summed E-state index contributed by atoms with van der Waals surface area (Å²) in [6.07, 6.45) is 5.19. The maximum Gasteiger partial charge on any atom is 0.199 e. The smallest absolute Gasteiger partial charge is 0.199 e. The van der Waals surface area contributed by atoms with E-state index in [9.17, 15) is 4.79 Å². The van der Waals surface area contributed by atoms with Gasteiger partial charge in [0.15, 0.2) is 5.78 Å². The van der Waals surface area contributed by atoms with Crippen molar-refractivity contribution in [1.82, 2.24) is 0 Å². The van der Waals surface area contributed by atoms with Crippen LogP contribution in [0.4, 0.5) is 0 Å². The largest absolute Gasteiger partial charge is 0.288 e. The molecule has 0 amide bonds. The molecule has 0 saturated carbocycles. The predicted molar refractivity (Wildman–Crippen MR) is 100 cm³/mol. The summed E-state index contributed by atoms with van der Waals surface area (Å²) in [5, 5.41) is 0.643. The van der Waals surface area contributed by atoms with Gasteiger partial charge < -0.3 is 0 Å². The highest BCUT2D eigenvalue weighted by Crippen LogP contribution is 2.30. The summed E-state index contributed by atoms with van der Waals surface area (Å²) in [7, 11) is 0. The molecule has 23 heavy (non-hydrogen) atoms. The van der Waals surface area contributed by atoms with Crippen LogP contribution in [0, 0.1) is 6.92 Å². The molecular formula is C20H21ClOS. The molecule has 0 aliphatic heterocycles. The van der Waals surface area contributed by atoms with E-state index in [1.165, 1.54) is 17.3 Å². The molecule has 2 aromatic rings. The molecule has 2 rings (SSSR count). The highest BCUT2D eigenvalue weighted by atomic mass is 35.5. The molecule has 0 radical (unpaired) electrons. The zero-order valence-corrected chi connectivity index (χ0v) is 15.1. The normalized spacial score (nSPS) is 11.5. The van der Waals surface area contributed by atoms with Gasteiger partial charge in [0.25, 0.3) is 0 Å². The third kappa shape index (κ3) is 5.56. The van der Waals surface area contributed by atoms with Crippen LogP contribution in [-0.2, 0) is 0 Å². The molecular weight excluding hydrogens is 324 g/mol. The number of benzene rings is 2. The lowest BCUT2D eigenvalue weighted by Crippen LogP contribution is -2.01. The molecule has 120 valence electrons. The Bertz CT molecular complexity index is 672. The van der Waals surface area contributed by atoms with Crippen molar-refractivity contribution in [1.29, 1.82) is 0 Å². The first-order valence-electron chi connectivity index (χ1n) is 7.85. The van der Waals surface area contributed by atoms with Crippen molar-refractivity contribution in [2.75, 3.05) is 0 Å². The van der Waals surface area contributed by atoms with Crippen LogP contribution >= 0.6 is 23.4 Å². The fourth-order valence-corrected chi connectivity index (χ4v) is 3.16. The standard InChI is InChI=1S/C20H21ClOS/c1-3-4-5-6-19(23-18-13-7-15(2)8-14-18)20(22)16-9-11-17(21)12-10-16/h6-14H,3-5H2,1-2H3/b19-6-. The Morgan fingerprint density at radius 3 is 2.35 bits per heavy atom. The van der Waals surface area contributed by atoms with Gasteiger partial charge in [-0.3, -0.25) is 4.79 Å². The molecule has 0 spiro atoms. The first-order valence-corrected chi connectivity index (χ1v) is 9.04. The molecule has 0 aliphatic rings. The number of hydrogen-bond acceptors (Lipinski definition) is 2. The summed E-state index contributed by atoms with van der Waals surface area (Å²) in [6, 6.07) is 15.3. The molecule has 2 aromatic carbocycles. The van der Waals surface area contributed by atoms with E-state index in [-0.39, 0.29) is 5.78 Å². The highest BCUT2D eigenvalue weighted by Gasteiger charge is 2.13. The van der Waals surface area contributed by atoms with Crippen molar-refractivity contribution in [2.24, 2.45) is 0 Å². The third-order valence-electron chi connectivity index (χ3n) is 3.47. The van der Waals surface area contributed by atoms with E-state index in [1.54, 1.807) is 24.3 Å². The van der Waals surface area contributed by atoms with Gasteiger partial charge in [-0.25, -0.2) is 0 Å². The van der Waals surface area contributed by atoms with Gasteiger partial charge in [0.2, 0.25) is 0 Å². The number of unbranched alkanes of at least 4 members (excludes halogenated alkanes) is 2. The molecule has 0 bridgehead atoms. The van der Waals surface area contributed by atoms with Gasteiger partial charge in [-0.1, -0.05) is 66.9 Å². The molecule has 0 aliphatic carbocycles. The van der Waals surface area contributed by atoms with Gasteiger partial charge >= 0.3 is 0 Å². The lowest BCUT2D eigenvalue weighted by atomic mass is 10.1. The number of carbonyl (C=O) groups excluding carboxylic acids is 1. The SMILES string of the molecule is CCCC/C=C(\Sc1ccc(C)cc1)C(=O)c1ccc(Cl)cc1. The molecule has 0 heterocycles. The zero-order chi connectivity index (χ0) is 16.7. The first kappa shape index (κ1) is 17.8. The summed E-state index contributed by atoms with van der Waals surface area (Å²) in [5.74, 6) is 0.0587. The molecule has 0 N–H and O–H groups in total. The molecule has 1 nitrogen and oxygen atoms in total. The van der Waals surface area contributed by atoms with Crippen LogP contribution in [0.3, 0.4) is 0 Å². The minimum absolute atomic E-state index is 0.0587. The Hall–Kier alpha value is -1.51.